The van der Waals surface area contributed by atoms with Crippen LogP contribution in [0.2, 0.25) is 5.02 Å². The molecule has 2 amide bonds. The lowest BCUT2D eigenvalue weighted by Crippen LogP contribution is -2.40. The van der Waals surface area contributed by atoms with Crippen molar-refractivity contribution in [3.05, 3.63) is 101 Å². The lowest BCUT2D eigenvalue weighted by Gasteiger charge is -2.27. The standard InChI is InChI=1S/C25H25ClN2O3/c1-2-23(31-25(30)27-17-19-10-5-3-6-11-19)18-28(22-15-9-14-21(26)16-22)24(29)20-12-7-4-8-13-20/h3-16,23H,2,17-18H2,1H3,(H,27,30). The summed E-state index contributed by atoms with van der Waals surface area (Å²) in [5.41, 5.74) is 2.17. The highest BCUT2D eigenvalue weighted by molar-refractivity contribution is 6.31. The minimum absolute atomic E-state index is 0.186. The number of benzene rings is 3. The first-order chi connectivity index (χ1) is 15.1. The van der Waals surface area contributed by atoms with Gasteiger partial charge in [-0.1, -0.05) is 73.1 Å². The van der Waals surface area contributed by atoms with E-state index in [1.165, 1.54) is 0 Å². The van der Waals surface area contributed by atoms with Crippen molar-refractivity contribution in [1.29, 1.82) is 0 Å². The maximum absolute atomic E-state index is 13.2. The van der Waals surface area contributed by atoms with Crippen LogP contribution in [0.1, 0.15) is 29.3 Å². The van der Waals surface area contributed by atoms with Crippen LogP contribution >= 0.6 is 11.6 Å². The molecule has 160 valence electrons. The highest BCUT2D eigenvalue weighted by Crippen LogP contribution is 2.23. The summed E-state index contributed by atoms with van der Waals surface area (Å²) in [6.07, 6.45) is -0.450. The number of rotatable bonds is 8. The zero-order chi connectivity index (χ0) is 22.1. The van der Waals surface area contributed by atoms with Crippen LogP contribution in [0.15, 0.2) is 84.9 Å². The second-order valence-corrected chi connectivity index (χ2v) is 7.47. The molecule has 0 aliphatic heterocycles. The maximum Gasteiger partial charge on any atom is 0.407 e. The van der Waals surface area contributed by atoms with E-state index in [2.05, 4.69) is 5.32 Å². The van der Waals surface area contributed by atoms with Gasteiger partial charge in [-0.3, -0.25) is 4.79 Å². The van der Waals surface area contributed by atoms with Crippen LogP contribution in [0.4, 0.5) is 10.5 Å². The van der Waals surface area contributed by atoms with Crippen molar-refractivity contribution < 1.29 is 14.3 Å². The van der Waals surface area contributed by atoms with E-state index < -0.39 is 12.2 Å². The third kappa shape index (κ3) is 6.59. The van der Waals surface area contributed by atoms with Crippen LogP contribution in [0.25, 0.3) is 0 Å². The molecule has 0 aliphatic rings. The van der Waals surface area contributed by atoms with Gasteiger partial charge in [-0.15, -0.1) is 0 Å². The van der Waals surface area contributed by atoms with Crippen LogP contribution in [-0.2, 0) is 11.3 Å². The Morgan fingerprint density at radius 2 is 1.65 bits per heavy atom. The number of hydrogen-bond donors (Lipinski definition) is 1. The normalized spacial score (nSPS) is 11.4. The molecule has 0 saturated heterocycles. The van der Waals surface area contributed by atoms with E-state index >= 15 is 0 Å². The lowest BCUT2D eigenvalue weighted by molar-refractivity contribution is 0.0871. The molecule has 6 heteroatoms. The van der Waals surface area contributed by atoms with E-state index in [4.69, 9.17) is 16.3 Å². The molecule has 0 radical (unpaired) electrons. The van der Waals surface area contributed by atoms with Crippen LogP contribution < -0.4 is 10.2 Å². The summed E-state index contributed by atoms with van der Waals surface area (Å²) in [5, 5.41) is 3.29. The number of hydrogen-bond acceptors (Lipinski definition) is 3. The number of alkyl carbamates (subject to hydrolysis) is 1. The molecule has 3 aromatic carbocycles. The molecule has 3 aromatic rings. The van der Waals surface area contributed by atoms with Gasteiger partial charge in [0, 0.05) is 22.8 Å². The molecule has 0 fully saturated rings. The molecule has 0 bridgehead atoms. The monoisotopic (exact) mass is 436 g/mol. The van der Waals surface area contributed by atoms with Crippen molar-refractivity contribution >= 4 is 29.3 Å². The SMILES string of the molecule is CCC(CN(C(=O)c1ccccc1)c1cccc(Cl)c1)OC(=O)NCc1ccccc1. The van der Waals surface area contributed by atoms with E-state index in [-0.39, 0.29) is 12.5 Å². The summed E-state index contributed by atoms with van der Waals surface area (Å²) in [5.74, 6) is -0.186. The first-order valence-corrected chi connectivity index (χ1v) is 10.6. The van der Waals surface area contributed by atoms with Gasteiger partial charge in [0.15, 0.2) is 0 Å². The number of halogens is 1. The fourth-order valence-electron chi connectivity index (χ4n) is 3.10. The topological polar surface area (TPSA) is 58.6 Å². The van der Waals surface area contributed by atoms with Crippen LogP contribution in [0.3, 0.4) is 0 Å². The third-order valence-electron chi connectivity index (χ3n) is 4.78. The zero-order valence-corrected chi connectivity index (χ0v) is 18.1. The number of anilines is 1. The summed E-state index contributed by atoms with van der Waals surface area (Å²) >= 11 is 6.16. The fourth-order valence-corrected chi connectivity index (χ4v) is 3.29. The number of carbonyl (C=O) groups excluding carboxylic acids is 2. The van der Waals surface area contributed by atoms with Crippen molar-refractivity contribution in [2.45, 2.75) is 26.0 Å². The second-order valence-electron chi connectivity index (χ2n) is 7.04. The van der Waals surface area contributed by atoms with Crippen molar-refractivity contribution in [2.75, 3.05) is 11.4 Å². The van der Waals surface area contributed by atoms with Gasteiger partial charge >= 0.3 is 6.09 Å². The molecule has 0 aliphatic carbocycles. The third-order valence-corrected chi connectivity index (χ3v) is 5.02. The van der Waals surface area contributed by atoms with Gasteiger partial charge in [0.05, 0.1) is 6.54 Å². The highest BCUT2D eigenvalue weighted by Gasteiger charge is 2.23. The Balaban J connectivity index is 1.72. The summed E-state index contributed by atoms with van der Waals surface area (Å²) in [4.78, 5) is 27.2. The average Bonchev–Trinajstić information content (AvgIpc) is 2.81. The molecule has 0 saturated carbocycles. The largest absolute Gasteiger partial charge is 0.444 e. The van der Waals surface area contributed by atoms with E-state index in [0.29, 0.717) is 29.2 Å². The Hall–Kier alpha value is -3.31. The Bertz CT molecular complexity index is 996. The lowest BCUT2D eigenvalue weighted by atomic mass is 10.1. The van der Waals surface area contributed by atoms with E-state index in [1.54, 1.807) is 35.2 Å². The molecule has 1 N–H and O–H groups in total. The van der Waals surface area contributed by atoms with Crippen molar-refractivity contribution in [1.82, 2.24) is 5.32 Å². The zero-order valence-electron chi connectivity index (χ0n) is 17.3. The first kappa shape index (κ1) is 22.4. The summed E-state index contributed by atoms with van der Waals surface area (Å²) < 4.78 is 5.61. The fraction of sp³-hybridized carbons (Fsp3) is 0.200. The van der Waals surface area contributed by atoms with Gasteiger partial charge in [0.1, 0.15) is 6.10 Å². The molecule has 0 aromatic heterocycles. The summed E-state index contributed by atoms with van der Waals surface area (Å²) in [6, 6.07) is 25.7. The second kappa shape index (κ2) is 11.2. The minimum Gasteiger partial charge on any atom is -0.444 e. The Morgan fingerprint density at radius 1 is 0.968 bits per heavy atom. The van der Waals surface area contributed by atoms with Gasteiger partial charge in [-0.25, -0.2) is 4.79 Å². The Morgan fingerprint density at radius 3 is 2.29 bits per heavy atom. The first-order valence-electron chi connectivity index (χ1n) is 10.2. The van der Waals surface area contributed by atoms with Gasteiger partial charge in [-0.05, 0) is 42.3 Å². The quantitative estimate of drug-likeness (QED) is 0.493. The van der Waals surface area contributed by atoms with Crippen LogP contribution in [0.5, 0.6) is 0 Å². The predicted molar refractivity (Wildman–Crippen MR) is 123 cm³/mol. The number of nitrogens with zero attached hydrogens (tertiary/aromatic N) is 1. The van der Waals surface area contributed by atoms with E-state index in [1.807, 2.05) is 61.5 Å². The predicted octanol–water partition coefficient (Wildman–Crippen LogP) is 5.69. The molecule has 1 atom stereocenters. The van der Waals surface area contributed by atoms with Crippen molar-refractivity contribution in [2.24, 2.45) is 0 Å². The molecule has 1 unspecified atom stereocenters. The molecule has 0 heterocycles. The summed E-state index contributed by atoms with van der Waals surface area (Å²) in [6.45, 7) is 2.50. The smallest absolute Gasteiger partial charge is 0.407 e. The van der Waals surface area contributed by atoms with Gasteiger partial charge in [0.2, 0.25) is 0 Å². The van der Waals surface area contributed by atoms with E-state index in [0.717, 1.165) is 5.56 Å². The number of ether oxygens (including phenoxy) is 1. The molecule has 5 nitrogen and oxygen atoms in total. The molecular weight excluding hydrogens is 412 g/mol. The van der Waals surface area contributed by atoms with Gasteiger partial charge < -0.3 is 15.0 Å². The summed E-state index contributed by atoms with van der Waals surface area (Å²) in [7, 11) is 0. The highest BCUT2D eigenvalue weighted by atomic mass is 35.5. The van der Waals surface area contributed by atoms with Gasteiger partial charge in [-0.2, -0.15) is 0 Å². The number of amides is 2. The van der Waals surface area contributed by atoms with Crippen LogP contribution in [-0.4, -0.2) is 24.6 Å². The van der Waals surface area contributed by atoms with Crippen LogP contribution in [0, 0.1) is 0 Å². The number of carbonyl (C=O) groups is 2. The molecule has 31 heavy (non-hydrogen) atoms. The van der Waals surface area contributed by atoms with Gasteiger partial charge in [0.25, 0.3) is 5.91 Å². The maximum atomic E-state index is 13.2. The van der Waals surface area contributed by atoms with E-state index in [9.17, 15) is 9.59 Å². The molecule has 3 rings (SSSR count). The molecule has 0 spiro atoms. The Labute approximate surface area is 187 Å². The minimum atomic E-state index is -0.520. The average molecular weight is 437 g/mol. The Kier molecular flexibility index (Phi) is 8.07. The van der Waals surface area contributed by atoms with Crippen molar-refractivity contribution in [3.63, 3.8) is 0 Å². The van der Waals surface area contributed by atoms with Crippen molar-refractivity contribution in [3.8, 4) is 0 Å². The number of nitrogens with one attached hydrogen (secondary N) is 1. The molecular formula is C25H25ClN2O3.